The van der Waals surface area contributed by atoms with Crippen molar-refractivity contribution >= 4 is 17.3 Å². The van der Waals surface area contributed by atoms with Crippen molar-refractivity contribution in [3.05, 3.63) is 48.5 Å². The summed E-state index contributed by atoms with van der Waals surface area (Å²) in [4.78, 5) is 19.8. The van der Waals surface area contributed by atoms with Crippen molar-refractivity contribution in [2.24, 2.45) is 5.92 Å². The predicted octanol–water partition coefficient (Wildman–Crippen LogP) is 2.44. The molecule has 2 N–H and O–H groups in total. The highest BCUT2D eigenvalue weighted by Gasteiger charge is 2.29. The van der Waals surface area contributed by atoms with Crippen LogP contribution in [0.2, 0.25) is 0 Å². The maximum Gasteiger partial charge on any atom is 0.227 e. The molecule has 1 aliphatic rings. The molecule has 20 heavy (non-hydrogen) atoms. The van der Waals surface area contributed by atoms with Gasteiger partial charge >= 0.3 is 0 Å². The molecule has 102 valence electrons. The molecule has 1 aromatic heterocycles. The number of hydrogen-bond acceptors (Lipinski definition) is 4. The maximum absolute atomic E-state index is 11.6. The fourth-order valence-electron chi connectivity index (χ4n) is 1.88. The van der Waals surface area contributed by atoms with Crippen LogP contribution in [0.4, 0.5) is 11.4 Å². The lowest BCUT2D eigenvalue weighted by Gasteiger charge is -2.08. The van der Waals surface area contributed by atoms with E-state index in [4.69, 9.17) is 0 Å². The number of amides is 1. The normalized spacial score (nSPS) is 13.8. The van der Waals surface area contributed by atoms with Gasteiger partial charge < -0.3 is 10.6 Å². The zero-order valence-corrected chi connectivity index (χ0v) is 11.0. The second-order valence-corrected chi connectivity index (χ2v) is 4.89. The Kier molecular flexibility index (Phi) is 3.58. The number of anilines is 2. The summed E-state index contributed by atoms with van der Waals surface area (Å²) in [5.74, 6) is 0.356. The maximum atomic E-state index is 11.6. The average Bonchev–Trinajstić information content (AvgIpc) is 3.32. The monoisotopic (exact) mass is 268 g/mol. The fourth-order valence-corrected chi connectivity index (χ4v) is 1.88. The van der Waals surface area contributed by atoms with Crippen LogP contribution in [-0.4, -0.2) is 15.9 Å². The fraction of sp³-hybridized carbons (Fsp3) is 0.267. The molecular weight excluding hydrogens is 252 g/mol. The zero-order valence-electron chi connectivity index (χ0n) is 11.0. The Bertz CT molecular complexity index is 579. The topological polar surface area (TPSA) is 66.9 Å². The van der Waals surface area contributed by atoms with Gasteiger partial charge in [0.2, 0.25) is 5.91 Å². The lowest BCUT2D eigenvalue weighted by atomic mass is 10.2. The molecule has 3 rings (SSSR count). The number of carbonyl (C=O) groups is 1. The summed E-state index contributed by atoms with van der Waals surface area (Å²) in [5, 5.41) is 6.18. The SMILES string of the molecule is O=C(Nc1ccc(NCc2cnccn2)cc1)C1CC1. The molecule has 0 aliphatic heterocycles. The molecular formula is C15H16N4O. The van der Waals surface area contributed by atoms with E-state index in [9.17, 15) is 4.79 Å². The van der Waals surface area contributed by atoms with E-state index < -0.39 is 0 Å². The van der Waals surface area contributed by atoms with Gasteiger partial charge in [0.15, 0.2) is 0 Å². The number of nitrogens with zero attached hydrogens (tertiary/aromatic N) is 2. The van der Waals surface area contributed by atoms with E-state index in [1.807, 2.05) is 24.3 Å². The van der Waals surface area contributed by atoms with Crippen molar-refractivity contribution < 1.29 is 4.79 Å². The van der Waals surface area contributed by atoms with Crippen LogP contribution in [-0.2, 0) is 11.3 Å². The first-order valence-electron chi connectivity index (χ1n) is 6.71. The predicted molar refractivity (Wildman–Crippen MR) is 77.2 cm³/mol. The molecule has 0 atom stereocenters. The van der Waals surface area contributed by atoms with Gasteiger partial charge in [-0.3, -0.25) is 14.8 Å². The first kappa shape index (κ1) is 12.6. The molecule has 0 bridgehead atoms. The lowest BCUT2D eigenvalue weighted by Crippen LogP contribution is -2.13. The first-order valence-corrected chi connectivity index (χ1v) is 6.71. The molecule has 0 radical (unpaired) electrons. The zero-order chi connectivity index (χ0) is 13.8. The minimum absolute atomic E-state index is 0.130. The summed E-state index contributed by atoms with van der Waals surface area (Å²) < 4.78 is 0. The molecule has 5 nitrogen and oxygen atoms in total. The van der Waals surface area contributed by atoms with Crippen molar-refractivity contribution in [1.82, 2.24) is 9.97 Å². The number of benzene rings is 1. The molecule has 0 saturated heterocycles. The van der Waals surface area contributed by atoms with Crippen LogP contribution in [0.1, 0.15) is 18.5 Å². The Morgan fingerprint density at radius 1 is 1.15 bits per heavy atom. The number of nitrogens with one attached hydrogen (secondary N) is 2. The van der Waals surface area contributed by atoms with E-state index in [-0.39, 0.29) is 11.8 Å². The van der Waals surface area contributed by atoms with Gasteiger partial charge in [-0.25, -0.2) is 0 Å². The van der Waals surface area contributed by atoms with Crippen LogP contribution >= 0.6 is 0 Å². The molecule has 1 saturated carbocycles. The average molecular weight is 268 g/mol. The highest BCUT2D eigenvalue weighted by Crippen LogP contribution is 2.30. The Morgan fingerprint density at radius 2 is 1.90 bits per heavy atom. The van der Waals surface area contributed by atoms with E-state index in [0.717, 1.165) is 29.9 Å². The highest BCUT2D eigenvalue weighted by molar-refractivity contribution is 5.94. The van der Waals surface area contributed by atoms with Crippen molar-refractivity contribution in [3.63, 3.8) is 0 Å². The van der Waals surface area contributed by atoms with Gasteiger partial charge in [0.1, 0.15) is 0 Å². The Morgan fingerprint density at radius 3 is 2.55 bits per heavy atom. The first-order chi connectivity index (χ1) is 9.81. The molecule has 0 spiro atoms. The van der Waals surface area contributed by atoms with Gasteiger partial charge in [-0.15, -0.1) is 0 Å². The third-order valence-corrected chi connectivity index (χ3v) is 3.19. The third kappa shape index (κ3) is 3.32. The van der Waals surface area contributed by atoms with Crippen molar-refractivity contribution in [2.45, 2.75) is 19.4 Å². The smallest absolute Gasteiger partial charge is 0.227 e. The number of rotatable bonds is 5. The Hall–Kier alpha value is -2.43. The summed E-state index contributed by atoms with van der Waals surface area (Å²) in [6.07, 6.45) is 7.10. The summed E-state index contributed by atoms with van der Waals surface area (Å²) in [5.41, 5.74) is 2.71. The molecule has 5 heteroatoms. The highest BCUT2D eigenvalue weighted by atomic mass is 16.2. The molecule has 2 aromatic rings. The molecule has 1 aromatic carbocycles. The van der Waals surface area contributed by atoms with E-state index in [1.54, 1.807) is 18.6 Å². The van der Waals surface area contributed by atoms with Crippen LogP contribution < -0.4 is 10.6 Å². The quantitative estimate of drug-likeness (QED) is 0.874. The molecule has 1 fully saturated rings. The van der Waals surface area contributed by atoms with Crippen molar-refractivity contribution in [3.8, 4) is 0 Å². The summed E-state index contributed by atoms with van der Waals surface area (Å²) in [6.45, 7) is 0.627. The molecule has 1 aliphatic carbocycles. The van der Waals surface area contributed by atoms with Crippen LogP contribution in [0.15, 0.2) is 42.9 Å². The second kappa shape index (κ2) is 5.69. The van der Waals surface area contributed by atoms with Gasteiger partial charge in [0.05, 0.1) is 18.4 Å². The standard InChI is InChI=1S/C15H16N4O/c20-15(11-1-2-11)19-13-5-3-12(4-6-13)18-10-14-9-16-7-8-17-14/h3-9,11,18H,1-2,10H2,(H,19,20). The summed E-state index contributed by atoms with van der Waals surface area (Å²) in [7, 11) is 0. The lowest BCUT2D eigenvalue weighted by molar-refractivity contribution is -0.117. The van der Waals surface area contributed by atoms with Gasteiger partial charge in [0, 0.05) is 29.7 Å². The van der Waals surface area contributed by atoms with E-state index >= 15 is 0 Å². The number of aromatic nitrogens is 2. The van der Waals surface area contributed by atoms with Crippen LogP contribution in [0.25, 0.3) is 0 Å². The number of carbonyl (C=O) groups excluding carboxylic acids is 1. The van der Waals surface area contributed by atoms with Crippen molar-refractivity contribution in [1.29, 1.82) is 0 Å². The largest absolute Gasteiger partial charge is 0.379 e. The van der Waals surface area contributed by atoms with Gasteiger partial charge in [0.25, 0.3) is 0 Å². The van der Waals surface area contributed by atoms with Crippen LogP contribution in [0.5, 0.6) is 0 Å². The second-order valence-electron chi connectivity index (χ2n) is 4.89. The summed E-state index contributed by atoms with van der Waals surface area (Å²) >= 11 is 0. The minimum Gasteiger partial charge on any atom is -0.379 e. The Balaban J connectivity index is 1.54. The van der Waals surface area contributed by atoms with Gasteiger partial charge in [-0.05, 0) is 37.1 Å². The van der Waals surface area contributed by atoms with E-state index in [1.165, 1.54) is 0 Å². The van der Waals surface area contributed by atoms with Crippen molar-refractivity contribution in [2.75, 3.05) is 10.6 Å². The molecule has 0 unspecified atom stereocenters. The van der Waals surface area contributed by atoms with Gasteiger partial charge in [-0.1, -0.05) is 0 Å². The van der Waals surface area contributed by atoms with Crippen LogP contribution in [0, 0.1) is 5.92 Å². The minimum atomic E-state index is 0.130. The molecule has 1 amide bonds. The molecule has 1 heterocycles. The van der Waals surface area contributed by atoms with E-state index in [2.05, 4.69) is 20.6 Å². The Labute approximate surface area is 117 Å². The van der Waals surface area contributed by atoms with Gasteiger partial charge in [-0.2, -0.15) is 0 Å². The summed E-state index contributed by atoms with van der Waals surface area (Å²) in [6, 6.07) is 7.69. The van der Waals surface area contributed by atoms with Crippen LogP contribution in [0.3, 0.4) is 0 Å². The third-order valence-electron chi connectivity index (χ3n) is 3.19. The van der Waals surface area contributed by atoms with E-state index in [0.29, 0.717) is 6.54 Å². The number of hydrogen-bond donors (Lipinski definition) is 2.